The first kappa shape index (κ1) is 31.3. The summed E-state index contributed by atoms with van der Waals surface area (Å²) in [7, 11) is 0. The number of carboxylic acids is 2. The maximum atomic E-state index is 13.4. The van der Waals surface area contributed by atoms with E-state index >= 15 is 0 Å². The van der Waals surface area contributed by atoms with Crippen LogP contribution >= 0.6 is 63.7 Å². The molecule has 2 aliphatic rings. The van der Waals surface area contributed by atoms with Gasteiger partial charge in [0.15, 0.2) is 0 Å². The topological polar surface area (TPSA) is 199 Å². The molecule has 0 aliphatic heterocycles. The molecule has 6 rings (SSSR count). The Kier molecular flexibility index (Phi) is 8.14. The summed E-state index contributed by atoms with van der Waals surface area (Å²) in [5.74, 6) is -2.30. The van der Waals surface area contributed by atoms with Crippen LogP contribution in [0, 0.1) is 11.0 Å². The molecule has 0 amide bonds. The van der Waals surface area contributed by atoms with Crippen LogP contribution in [-0.2, 0) is 20.4 Å². The van der Waals surface area contributed by atoms with Gasteiger partial charge in [0, 0.05) is 53.0 Å². The number of hydrogen-bond donors (Lipinski definition) is 6. The van der Waals surface area contributed by atoms with Crippen LogP contribution in [0.2, 0.25) is 2.82 Å². The standard InChI is InChI=1S/C34H24Br4N6O4/c35-21-9-15(10-22(36)27(21)33(31(45)46)13-25(43-41)29(39)17-5-1-3-7-19(17)33)16-11-23(37)28(24(38)12-16)34(32(47)48)14-26(44-42)30(40)18-6-2-4-8-20(18)34/h1-12,41-42H,13-14,39-40H2,(H,45,46)(H,47,48)/b43-41+,44-42+. The van der Waals surface area contributed by atoms with Gasteiger partial charge in [-0.2, -0.15) is 10.2 Å². The number of nitrogens with one attached hydrogen (secondary N) is 2. The zero-order valence-electron chi connectivity index (χ0n) is 26.5. The fraction of sp³-hybridized carbons (Fsp3) is 0.118. The maximum absolute atomic E-state index is 13.4. The first-order valence-electron chi connectivity index (χ1n) is 15.1. The van der Waals surface area contributed by atoms with Crippen molar-refractivity contribution in [1.82, 2.24) is 0 Å². The van der Waals surface area contributed by atoms with Crippen molar-refractivity contribution in [2.75, 3.05) is 0 Å². The normalized spacial score (nSPS) is 21.2. The maximum Gasteiger partial charge on any atom is 0.319 e. The van der Waals surface area contributed by atoms with E-state index in [0.29, 0.717) is 62.4 Å². The largest absolute Gasteiger partial charge is 0.480 e. The predicted octanol–water partition coefficient (Wildman–Crippen LogP) is 9.27. The Morgan fingerprint density at radius 2 is 1.00 bits per heavy atom. The first-order chi connectivity index (χ1) is 23.8. The lowest BCUT2D eigenvalue weighted by molar-refractivity contribution is -0.143. The number of carbonyl (C=O) groups is 2. The van der Waals surface area contributed by atoms with Crippen LogP contribution in [0.15, 0.2) is 112 Å². The van der Waals surface area contributed by atoms with E-state index in [1.165, 1.54) is 0 Å². The zero-order valence-corrected chi connectivity index (χ0v) is 30.9. The molecule has 8 N–H and O–H groups in total. The van der Waals surface area contributed by atoms with Gasteiger partial charge in [0.25, 0.3) is 0 Å². The van der Waals surface area contributed by atoms with Gasteiger partial charge in [0.05, 0.1) is 22.8 Å². The van der Waals surface area contributed by atoms with Gasteiger partial charge in [-0.05, 0) is 46.5 Å². The predicted molar refractivity (Wildman–Crippen MR) is 194 cm³/mol. The van der Waals surface area contributed by atoms with Crippen LogP contribution in [0.4, 0.5) is 0 Å². The quantitative estimate of drug-likeness (QED) is 0.0999. The summed E-state index contributed by atoms with van der Waals surface area (Å²) >= 11 is 14.6. The second-order valence-corrected chi connectivity index (χ2v) is 14.8. The molecule has 0 radical (unpaired) electrons. The lowest BCUT2D eigenvalue weighted by Gasteiger charge is -2.38. The van der Waals surface area contributed by atoms with E-state index in [1.807, 2.05) is 0 Å². The fourth-order valence-corrected chi connectivity index (χ4v) is 10.6. The van der Waals surface area contributed by atoms with Gasteiger partial charge in [-0.1, -0.05) is 112 Å². The Bertz CT molecular complexity index is 2060. The molecule has 4 aromatic carbocycles. The highest BCUT2D eigenvalue weighted by Crippen LogP contribution is 2.53. The number of nitrogens with two attached hydrogens (primary N) is 2. The third-order valence-electron chi connectivity index (χ3n) is 9.08. The summed E-state index contributed by atoms with van der Waals surface area (Å²) in [6.07, 6.45) is -0.315. The van der Waals surface area contributed by atoms with Crippen molar-refractivity contribution < 1.29 is 22.6 Å². The van der Waals surface area contributed by atoms with Crippen LogP contribution in [0.3, 0.4) is 0 Å². The molecule has 0 bridgehead atoms. The number of hydrogen-bond acceptors (Lipinski definition) is 8. The number of aliphatic carboxylic acids is 2. The van der Waals surface area contributed by atoms with Crippen molar-refractivity contribution in [2.45, 2.75) is 23.7 Å². The van der Waals surface area contributed by atoms with E-state index in [9.17, 15) is 19.8 Å². The van der Waals surface area contributed by atoms with Gasteiger partial charge in [0.2, 0.25) is 2.82 Å². The Hall–Kier alpha value is -3.98. The molecule has 0 heterocycles. The molecule has 0 fully saturated rings. The molecular formula is C34H24Br4N6O4. The van der Waals surface area contributed by atoms with Gasteiger partial charge >= 0.3 is 11.9 Å². The molecule has 2 atom stereocenters. The summed E-state index contributed by atoms with van der Waals surface area (Å²) in [6, 6.07) is 21.0. The number of rotatable bonds is 7. The average Bonchev–Trinajstić information content (AvgIpc) is 3.07. The van der Waals surface area contributed by atoms with Crippen molar-refractivity contribution in [3.63, 3.8) is 0 Å². The lowest BCUT2D eigenvalue weighted by Crippen LogP contribution is -2.41. The molecule has 48 heavy (non-hydrogen) atoms. The number of allylic oxidation sites excluding steroid dienone is 2. The molecule has 2 unspecified atom stereocenters. The second-order valence-electron chi connectivity index (χ2n) is 11.4. The van der Waals surface area contributed by atoms with Crippen LogP contribution in [0.25, 0.3) is 22.5 Å². The highest BCUT2D eigenvalue weighted by molar-refractivity contribution is 9.11. The van der Waals surface area contributed by atoms with Gasteiger partial charge in [-0.25, -0.2) is 11.0 Å². The summed E-state index contributed by atoms with van der Waals surface area (Å²) in [4.78, 5) is 26.7. The SMILES string of the molecule is [H]/N=N/C1=C(N)c2ccccc2C(C(=O)O)(c2c(Br)cc(-c3cc(Br)c(C4(C(=O)O)CC(/N=N/[H])=C(N)c5ccccc54)c(Br)c3)cc2Br)C1. The molecular weight excluding hydrogens is 876 g/mol. The van der Waals surface area contributed by atoms with Gasteiger partial charge in [0.1, 0.15) is 10.8 Å². The Morgan fingerprint density at radius 3 is 1.31 bits per heavy atom. The molecule has 4 aromatic rings. The molecule has 14 heteroatoms. The van der Waals surface area contributed by atoms with Gasteiger partial charge in [-0.3, -0.25) is 9.59 Å². The van der Waals surface area contributed by atoms with Gasteiger partial charge < -0.3 is 21.7 Å². The summed E-state index contributed by atoms with van der Waals surface area (Å²) < 4.78 is 16.5. The lowest BCUT2D eigenvalue weighted by atomic mass is 9.66. The van der Waals surface area contributed by atoms with Crippen molar-refractivity contribution >= 4 is 87.1 Å². The molecule has 0 saturated carbocycles. The minimum atomic E-state index is -1.66. The Labute approximate surface area is 310 Å². The zero-order chi connectivity index (χ0) is 36.1. The summed E-state index contributed by atoms with van der Waals surface area (Å²) in [5, 5.41) is 29.6. The number of halogens is 4. The van der Waals surface area contributed by atoms with E-state index in [1.54, 1.807) is 72.8 Å². The number of carboxylic acid groups (broad SMARTS) is 2. The Morgan fingerprint density at radius 1 is 0.667 bits per heavy atom. The van der Waals surface area contributed by atoms with E-state index in [2.05, 4.69) is 85.0 Å². The van der Waals surface area contributed by atoms with E-state index in [-0.39, 0.29) is 35.6 Å². The van der Waals surface area contributed by atoms with E-state index < -0.39 is 22.8 Å². The van der Waals surface area contributed by atoms with Crippen LogP contribution in [0.1, 0.15) is 46.2 Å². The summed E-state index contributed by atoms with van der Waals surface area (Å²) in [6.45, 7) is 0. The smallest absolute Gasteiger partial charge is 0.319 e. The number of benzene rings is 4. The molecule has 0 spiro atoms. The van der Waals surface area contributed by atoms with Crippen LogP contribution < -0.4 is 11.5 Å². The van der Waals surface area contributed by atoms with Crippen molar-refractivity contribution in [2.24, 2.45) is 21.7 Å². The fourth-order valence-electron chi connectivity index (χ4n) is 6.89. The molecule has 0 saturated heterocycles. The highest BCUT2D eigenvalue weighted by atomic mass is 79.9. The van der Waals surface area contributed by atoms with Crippen molar-refractivity contribution in [3.8, 4) is 11.1 Å². The van der Waals surface area contributed by atoms with Crippen molar-refractivity contribution in [3.05, 3.63) is 135 Å². The van der Waals surface area contributed by atoms with Gasteiger partial charge in [-0.15, -0.1) is 0 Å². The third kappa shape index (κ3) is 4.91. The molecule has 242 valence electrons. The molecule has 2 aliphatic carbocycles. The second kappa shape index (κ2) is 12.5. The first-order valence-corrected chi connectivity index (χ1v) is 17.3. The Balaban J connectivity index is 1.53. The molecule has 0 aromatic heterocycles. The van der Waals surface area contributed by atoms with E-state index in [4.69, 9.17) is 14.3 Å². The third-order valence-corrected chi connectivity index (χ3v) is 11.6. The summed E-state index contributed by atoms with van der Waals surface area (Å²) in [5.41, 5.74) is 20.7. The van der Waals surface area contributed by atoms with Crippen LogP contribution in [-0.4, -0.2) is 22.2 Å². The van der Waals surface area contributed by atoms with Crippen molar-refractivity contribution in [1.29, 1.82) is 11.0 Å². The number of nitrogens with zero attached hydrogens (tertiary/aromatic N) is 2. The monoisotopic (exact) mass is 896 g/mol. The van der Waals surface area contributed by atoms with E-state index in [0.717, 1.165) is 0 Å². The average molecular weight is 900 g/mol. The number of fused-ring (bicyclic) bond motifs is 2. The molecule has 10 nitrogen and oxygen atoms in total. The minimum absolute atomic E-state index is 0.157. The minimum Gasteiger partial charge on any atom is -0.480 e. The highest BCUT2D eigenvalue weighted by Gasteiger charge is 2.51. The van der Waals surface area contributed by atoms with Crippen LogP contribution in [0.5, 0.6) is 0 Å².